The molecule has 2 bridgehead atoms. The van der Waals surface area contributed by atoms with Crippen LogP contribution in [-0.2, 0) is 16.1 Å². The molecule has 2 saturated heterocycles. The summed E-state index contributed by atoms with van der Waals surface area (Å²) in [6, 6.07) is 16.7. The summed E-state index contributed by atoms with van der Waals surface area (Å²) in [5.74, 6) is 1.37. The fraction of sp³-hybridized carbons (Fsp3) is 0.480. The fourth-order valence-corrected chi connectivity index (χ4v) is 4.57. The SMILES string of the molecule is CCOc1ccccc1OCCC1(O)CC2COCC(C1)N2C(=O)OCc1ccccc1. The van der Waals surface area contributed by atoms with Gasteiger partial charge in [-0.25, -0.2) is 4.79 Å². The van der Waals surface area contributed by atoms with Crippen molar-refractivity contribution >= 4 is 6.09 Å². The first kappa shape index (κ1) is 22.4. The van der Waals surface area contributed by atoms with Crippen LogP contribution in [0.3, 0.4) is 0 Å². The Morgan fingerprint density at radius 2 is 1.66 bits per heavy atom. The van der Waals surface area contributed by atoms with Gasteiger partial charge in [-0.1, -0.05) is 42.5 Å². The zero-order valence-corrected chi connectivity index (χ0v) is 18.4. The van der Waals surface area contributed by atoms with E-state index in [-0.39, 0.29) is 24.8 Å². The molecular formula is C25H31NO6. The molecule has 2 aromatic carbocycles. The number of hydrogen-bond donors (Lipinski definition) is 1. The van der Waals surface area contributed by atoms with Crippen molar-refractivity contribution in [3.63, 3.8) is 0 Å². The number of piperidine rings is 1. The van der Waals surface area contributed by atoms with E-state index < -0.39 is 5.60 Å². The van der Waals surface area contributed by atoms with Gasteiger partial charge >= 0.3 is 6.09 Å². The largest absolute Gasteiger partial charge is 0.490 e. The molecule has 2 unspecified atom stereocenters. The highest BCUT2D eigenvalue weighted by Crippen LogP contribution is 2.37. The minimum Gasteiger partial charge on any atom is -0.490 e. The Labute approximate surface area is 188 Å². The summed E-state index contributed by atoms with van der Waals surface area (Å²) >= 11 is 0. The molecule has 4 rings (SSSR count). The Balaban J connectivity index is 1.33. The third-order valence-electron chi connectivity index (χ3n) is 6.03. The molecule has 1 amide bonds. The lowest BCUT2D eigenvalue weighted by Gasteiger charge is -2.50. The van der Waals surface area contributed by atoms with Crippen molar-refractivity contribution < 1.29 is 28.8 Å². The van der Waals surface area contributed by atoms with Crippen molar-refractivity contribution in [2.45, 2.75) is 50.5 Å². The number of rotatable bonds is 8. The second-order valence-electron chi connectivity index (χ2n) is 8.40. The number of carbonyl (C=O) groups excluding carboxylic acids is 1. The Morgan fingerprint density at radius 3 is 2.31 bits per heavy atom. The highest BCUT2D eigenvalue weighted by atomic mass is 16.6. The molecule has 0 saturated carbocycles. The van der Waals surface area contributed by atoms with Gasteiger partial charge in [0.15, 0.2) is 11.5 Å². The quantitative estimate of drug-likeness (QED) is 0.672. The van der Waals surface area contributed by atoms with Crippen LogP contribution in [-0.4, -0.2) is 60.2 Å². The second kappa shape index (κ2) is 10.2. The molecule has 32 heavy (non-hydrogen) atoms. The van der Waals surface area contributed by atoms with Gasteiger partial charge in [-0.3, -0.25) is 4.90 Å². The minimum atomic E-state index is -0.921. The first-order chi connectivity index (χ1) is 15.6. The molecule has 0 radical (unpaired) electrons. The van der Waals surface area contributed by atoms with Crippen molar-refractivity contribution in [2.75, 3.05) is 26.4 Å². The van der Waals surface area contributed by atoms with Crippen LogP contribution in [0.5, 0.6) is 11.5 Å². The molecule has 172 valence electrons. The van der Waals surface area contributed by atoms with Crippen molar-refractivity contribution in [3.05, 3.63) is 60.2 Å². The first-order valence-electron chi connectivity index (χ1n) is 11.2. The molecule has 7 nitrogen and oxygen atoms in total. The van der Waals surface area contributed by atoms with E-state index in [9.17, 15) is 9.90 Å². The van der Waals surface area contributed by atoms with Crippen LogP contribution in [0, 0.1) is 0 Å². The summed E-state index contributed by atoms with van der Waals surface area (Å²) < 4.78 is 22.8. The number of para-hydroxylation sites is 2. The van der Waals surface area contributed by atoms with Crippen LogP contribution < -0.4 is 9.47 Å². The standard InChI is InChI=1S/C25H31NO6/c1-2-30-22-10-6-7-11-23(22)31-13-12-25(28)14-20-17-29-18-21(15-25)26(20)24(27)32-16-19-8-4-3-5-9-19/h3-11,20-21,28H,2,12-18H2,1H3. The maximum Gasteiger partial charge on any atom is 0.410 e. The third kappa shape index (κ3) is 5.34. The summed E-state index contributed by atoms with van der Waals surface area (Å²) in [6.45, 7) is 3.87. The molecule has 2 atom stereocenters. The summed E-state index contributed by atoms with van der Waals surface area (Å²) in [5, 5.41) is 11.3. The highest BCUT2D eigenvalue weighted by molar-refractivity contribution is 5.69. The predicted molar refractivity (Wildman–Crippen MR) is 119 cm³/mol. The van der Waals surface area contributed by atoms with E-state index in [4.69, 9.17) is 18.9 Å². The van der Waals surface area contributed by atoms with Crippen molar-refractivity contribution in [2.24, 2.45) is 0 Å². The van der Waals surface area contributed by atoms with E-state index in [0.717, 1.165) is 5.56 Å². The van der Waals surface area contributed by atoms with Crippen LogP contribution in [0.4, 0.5) is 4.79 Å². The van der Waals surface area contributed by atoms with E-state index >= 15 is 0 Å². The van der Waals surface area contributed by atoms with Gasteiger partial charge in [0, 0.05) is 6.42 Å². The van der Waals surface area contributed by atoms with E-state index in [1.165, 1.54) is 0 Å². The summed E-state index contributed by atoms with van der Waals surface area (Å²) in [6.07, 6.45) is 0.977. The molecule has 0 aliphatic carbocycles. The Bertz CT molecular complexity index is 875. The highest BCUT2D eigenvalue weighted by Gasteiger charge is 2.48. The van der Waals surface area contributed by atoms with Crippen molar-refractivity contribution in [1.29, 1.82) is 0 Å². The van der Waals surface area contributed by atoms with Crippen LogP contribution in [0.15, 0.2) is 54.6 Å². The van der Waals surface area contributed by atoms with Crippen LogP contribution in [0.1, 0.15) is 31.7 Å². The average Bonchev–Trinajstić information content (AvgIpc) is 2.79. The van der Waals surface area contributed by atoms with Crippen LogP contribution in [0.25, 0.3) is 0 Å². The van der Waals surface area contributed by atoms with Crippen molar-refractivity contribution in [1.82, 2.24) is 4.90 Å². The summed E-state index contributed by atoms with van der Waals surface area (Å²) in [7, 11) is 0. The fourth-order valence-electron chi connectivity index (χ4n) is 4.57. The molecule has 2 aliphatic heterocycles. The lowest BCUT2D eigenvalue weighted by Crippen LogP contribution is -2.63. The number of hydrogen-bond acceptors (Lipinski definition) is 6. The molecule has 0 spiro atoms. The predicted octanol–water partition coefficient (Wildman–Crippen LogP) is 3.79. The maximum absolute atomic E-state index is 12.8. The molecule has 2 aliphatic rings. The normalized spacial score (nSPS) is 24.6. The zero-order chi connectivity index (χ0) is 22.4. The van der Waals surface area contributed by atoms with Gasteiger partial charge in [-0.2, -0.15) is 0 Å². The number of benzene rings is 2. The molecule has 0 aromatic heterocycles. The molecular weight excluding hydrogens is 410 g/mol. The van der Waals surface area contributed by atoms with Gasteiger partial charge in [0.2, 0.25) is 0 Å². The number of nitrogens with zero attached hydrogens (tertiary/aromatic N) is 1. The topological polar surface area (TPSA) is 77.5 Å². The van der Waals surface area contributed by atoms with Crippen LogP contribution >= 0.6 is 0 Å². The average molecular weight is 442 g/mol. The molecule has 2 aromatic rings. The lowest BCUT2D eigenvalue weighted by molar-refractivity contribution is -0.137. The molecule has 2 heterocycles. The van der Waals surface area contributed by atoms with Gasteiger partial charge < -0.3 is 24.1 Å². The zero-order valence-electron chi connectivity index (χ0n) is 18.4. The maximum atomic E-state index is 12.8. The van der Waals surface area contributed by atoms with Crippen LogP contribution in [0.2, 0.25) is 0 Å². The van der Waals surface area contributed by atoms with E-state index in [1.54, 1.807) is 4.90 Å². The number of ether oxygens (including phenoxy) is 4. The summed E-state index contributed by atoms with van der Waals surface area (Å²) in [5.41, 5.74) is 0.0239. The van der Waals surface area contributed by atoms with Gasteiger partial charge in [0.05, 0.1) is 44.1 Å². The Kier molecular flexibility index (Phi) is 7.17. The third-order valence-corrected chi connectivity index (χ3v) is 6.03. The Morgan fingerprint density at radius 1 is 1.03 bits per heavy atom. The number of fused-ring (bicyclic) bond motifs is 2. The minimum absolute atomic E-state index is 0.216. The smallest absolute Gasteiger partial charge is 0.410 e. The second-order valence-corrected chi connectivity index (χ2v) is 8.40. The van der Waals surface area contributed by atoms with E-state index in [1.807, 2.05) is 61.5 Å². The van der Waals surface area contributed by atoms with E-state index in [0.29, 0.717) is 57.2 Å². The molecule has 7 heteroatoms. The van der Waals surface area contributed by atoms with E-state index in [2.05, 4.69) is 0 Å². The number of morpholine rings is 1. The number of carbonyl (C=O) groups is 1. The lowest BCUT2D eigenvalue weighted by atomic mass is 9.79. The van der Waals surface area contributed by atoms with Gasteiger partial charge in [0.1, 0.15) is 6.61 Å². The number of aliphatic hydroxyl groups is 1. The number of amides is 1. The first-order valence-corrected chi connectivity index (χ1v) is 11.2. The monoisotopic (exact) mass is 441 g/mol. The molecule has 1 N–H and O–H groups in total. The summed E-state index contributed by atoms with van der Waals surface area (Å²) in [4.78, 5) is 14.6. The Hall–Kier alpha value is -2.77. The van der Waals surface area contributed by atoms with Gasteiger partial charge in [-0.15, -0.1) is 0 Å². The van der Waals surface area contributed by atoms with Gasteiger partial charge in [-0.05, 0) is 37.5 Å². The van der Waals surface area contributed by atoms with Gasteiger partial charge in [0.25, 0.3) is 0 Å². The molecule has 2 fully saturated rings. The van der Waals surface area contributed by atoms with Crippen molar-refractivity contribution in [3.8, 4) is 11.5 Å².